The Bertz CT molecular complexity index is 1410. The number of hydrogen-bond donors (Lipinski definition) is 2. The standard InChI is InChI=1S/C26H30N6O2/c1-6-21(33)18-13-27-22(30-26(34)16-10-11-16)12-20(18)29-19-9-7-8-17-23-24(32(5)15(3)28-23)14(2)31(4)25(17)19/h7-9,12-14,16H,6,10-11H2,1-5H3,(H2,27,29,30,34)/t14-/m1/s1/i1D3. The minimum Gasteiger partial charge on any atom is -0.364 e. The highest BCUT2D eigenvalue weighted by Crippen LogP contribution is 2.47. The number of hydrogen-bond acceptors (Lipinski definition) is 6. The van der Waals surface area contributed by atoms with Crippen molar-refractivity contribution in [1.82, 2.24) is 14.5 Å². The minimum atomic E-state index is -2.41. The summed E-state index contributed by atoms with van der Waals surface area (Å²) in [4.78, 5) is 36.5. The summed E-state index contributed by atoms with van der Waals surface area (Å²) in [5.74, 6) is 0.550. The third kappa shape index (κ3) is 3.63. The molecule has 3 heterocycles. The molecule has 1 amide bonds. The zero-order chi connectivity index (χ0) is 26.6. The second-order valence-corrected chi connectivity index (χ2v) is 9.04. The van der Waals surface area contributed by atoms with E-state index < -0.39 is 19.1 Å². The van der Waals surface area contributed by atoms with Crippen LogP contribution in [0.4, 0.5) is 22.9 Å². The van der Waals surface area contributed by atoms with Gasteiger partial charge in [-0.05, 0) is 32.8 Å². The summed E-state index contributed by atoms with van der Waals surface area (Å²) >= 11 is 0. The highest BCUT2D eigenvalue weighted by molar-refractivity contribution is 6.03. The predicted octanol–water partition coefficient (Wildman–Crippen LogP) is 4.99. The first-order valence-electron chi connectivity index (χ1n) is 12.9. The average molecular weight is 462 g/mol. The Balaban J connectivity index is 1.58. The first kappa shape index (κ1) is 18.7. The summed E-state index contributed by atoms with van der Waals surface area (Å²) in [6.07, 6.45) is 2.42. The lowest BCUT2D eigenvalue weighted by atomic mass is 9.96. The van der Waals surface area contributed by atoms with Crippen LogP contribution < -0.4 is 15.5 Å². The molecule has 0 radical (unpaired) electrons. The van der Waals surface area contributed by atoms with Crippen LogP contribution >= 0.6 is 0 Å². The molecule has 8 heteroatoms. The van der Waals surface area contributed by atoms with Gasteiger partial charge in [-0.3, -0.25) is 9.59 Å². The Labute approximate surface area is 203 Å². The van der Waals surface area contributed by atoms with Crippen molar-refractivity contribution in [2.75, 3.05) is 22.6 Å². The molecule has 34 heavy (non-hydrogen) atoms. The van der Waals surface area contributed by atoms with Crippen LogP contribution in [0.5, 0.6) is 0 Å². The number of Topliss-reactive ketones (excluding diaryl/α,β-unsaturated/α-hetero) is 1. The van der Waals surface area contributed by atoms with Gasteiger partial charge in [0.2, 0.25) is 5.91 Å². The molecule has 1 fully saturated rings. The fourth-order valence-electron chi connectivity index (χ4n) is 4.56. The monoisotopic (exact) mass is 461 g/mol. The van der Waals surface area contributed by atoms with E-state index in [2.05, 4.69) is 32.0 Å². The van der Waals surface area contributed by atoms with Crippen molar-refractivity contribution in [3.8, 4) is 11.3 Å². The summed E-state index contributed by atoms with van der Waals surface area (Å²) in [6.45, 7) is 1.68. The van der Waals surface area contributed by atoms with Gasteiger partial charge in [0.15, 0.2) is 5.78 Å². The van der Waals surface area contributed by atoms with Crippen molar-refractivity contribution in [2.45, 2.75) is 46.0 Å². The van der Waals surface area contributed by atoms with E-state index >= 15 is 0 Å². The predicted molar refractivity (Wildman–Crippen MR) is 134 cm³/mol. The Hall–Kier alpha value is -3.68. The number of aromatic nitrogens is 3. The summed E-state index contributed by atoms with van der Waals surface area (Å²) in [7, 11) is 4.02. The Kier molecular flexibility index (Phi) is 4.55. The highest BCUT2D eigenvalue weighted by Gasteiger charge is 2.33. The molecule has 2 N–H and O–H groups in total. The number of carbonyl (C=O) groups excluding carboxylic acids is 2. The van der Waals surface area contributed by atoms with E-state index in [-0.39, 0.29) is 23.4 Å². The number of benzene rings is 1. The molecule has 1 aliphatic heterocycles. The van der Waals surface area contributed by atoms with Crippen LogP contribution in [0.1, 0.15) is 65.1 Å². The van der Waals surface area contributed by atoms with Crippen molar-refractivity contribution >= 4 is 34.6 Å². The normalized spacial score (nSPS) is 18.3. The molecule has 0 spiro atoms. The number of ketones is 1. The van der Waals surface area contributed by atoms with E-state index in [0.717, 1.165) is 47.0 Å². The maximum absolute atomic E-state index is 13.0. The summed E-state index contributed by atoms with van der Waals surface area (Å²) in [6, 6.07) is 7.47. The van der Waals surface area contributed by atoms with Gasteiger partial charge in [0.1, 0.15) is 11.6 Å². The van der Waals surface area contributed by atoms with E-state index in [1.807, 2.05) is 39.2 Å². The lowest BCUT2D eigenvalue weighted by Gasteiger charge is -2.35. The van der Waals surface area contributed by atoms with Gasteiger partial charge in [-0.1, -0.05) is 19.0 Å². The van der Waals surface area contributed by atoms with Crippen molar-refractivity contribution < 1.29 is 13.7 Å². The SMILES string of the molecule is [2H]C([2H])([2H])CC(=O)c1cnc(NC(=O)C2CC2)cc1Nc1cccc2c1N(C)[C@H](C)c1c-2nc(C)n1C. The third-order valence-corrected chi connectivity index (χ3v) is 6.82. The van der Waals surface area contributed by atoms with Crippen molar-refractivity contribution in [2.24, 2.45) is 13.0 Å². The lowest BCUT2D eigenvalue weighted by molar-refractivity contribution is -0.117. The molecule has 0 saturated heterocycles. The van der Waals surface area contributed by atoms with Gasteiger partial charge < -0.3 is 20.1 Å². The highest BCUT2D eigenvalue weighted by atomic mass is 16.2. The Morgan fingerprint density at radius 1 is 1.24 bits per heavy atom. The van der Waals surface area contributed by atoms with E-state index in [4.69, 9.17) is 9.10 Å². The number of para-hydroxylation sites is 1. The van der Waals surface area contributed by atoms with Crippen LogP contribution in [0, 0.1) is 12.8 Å². The Morgan fingerprint density at radius 2 is 2.03 bits per heavy atom. The molecular formula is C26H30N6O2. The first-order chi connectivity index (χ1) is 17.4. The van der Waals surface area contributed by atoms with Crippen LogP contribution in [0.15, 0.2) is 30.5 Å². The van der Waals surface area contributed by atoms with Gasteiger partial charge in [0, 0.05) is 48.4 Å². The number of amides is 1. The molecule has 0 bridgehead atoms. The quantitative estimate of drug-likeness (QED) is 0.503. The largest absolute Gasteiger partial charge is 0.364 e. The summed E-state index contributed by atoms with van der Waals surface area (Å²) in [5, 5.41) is 6.17. The molecule has 8 nitrogen and oxygen atoms in total. The van der Waals surface area contributed by atoms with Gasteiger partial charge in [-0.2, -0.15) is 0 Å². The first-order valence-corrected chi connectivity index (χ1v) is 11.4. The maximum Gasteiger partial charge on any atom is 0.228 e. The van der Waals surface area contributed by atoms with E-state index in [9.17, 15) is 9.59 Å². The molecule has 1 saturated carbocycles. The molecule has 176 valence electrons. The van der Waals surface area contributed by atoms with E-state index in [1.165, 1.54) is 6.20 Å². The number of carbonyl (C=O) groups is 2. The number of imidazole rings is 1. The van der Waals surface area contributed by atoms with Gasteiger partial charge in [-0.25, -0.2) is 9.97 Å². The number of nitrogens with zero attached hydrogens (tertiary/aromatic N) is 4. The van der Waals surface area contributed by atoms with Crippen LogP contribution in [0.2, 0.25) is 0 Å². The second-order valence-electron chi connectivity index (χ2n) is 9.04. The minimum absolute atomic E-state index is 0.0117. The van der Waals surface area contributed by atoms with E-state index in [1.54, 1.807) is 6.07 Å². The number of nitrogens with one attached hydrogen (secondary N) is 2. The van der Waals surface area contributed by atoms with Gasteiger partial charge in [0.05, 0.1) is 40.1 Å². The van der Waals surface area contributed by atoms with Crippen LogP contribution in [-0.2, 0) is 11.8 Å². The van der Waals surface area contributed by atoms with Crippen LogP contribution in [0.3, 0.4) is 0 Å². The molecule has 0 unspecified atom stereocenters. The number of fused-ring (bicyclic) bond motifs is 3. The zero-order valence-corrected chi connectivity index (χ0v) is 19.8. The molecule has 2 aliphatic rings. The number of pyridine rings is 1. The molecular weight excluding hydrogens is 428 g/mol. The number of anilines is 4. The number of aryl methyl sites for hydroxylation is 1. The van der Waals surface area contributed by atoms with Crippen LogP contribution in [0.25, 0.3) is 11.3 Å². The smallest absolute Gasteiger partial charge is 0.228 e. The molecule has 1 aromatic carbocycles. The topological polar surface area (TPSA) is 92.2 Å². The third-order valence-electron chi connectivity index (χ3n) is 6.82. The fourth-order valence-corrected chi connectivity index (χ4v) is 4.56. The average Bonchev–Trinajstić information content (AvgIpc) is 3.62. The van der Waals surface area contributed by atoms with Gasteiger partial charge in [0.25, 0.3) is 0 Å². The zero-order valence-electron chi connectivity index (χ0n) is 22.8. The number of rotatable bonds is 6. The lowest BCUT2D eigenvalue weighted by Crippen LogP contribution is -2.28. The summed E-state index contributed by atoms with van der Waals surface area (Å²) in [5.41, 5.74) is 5.16. The van der Waals surface area contributed by atoms with Crippen molar-refractivity contribution in [3.63, 3.8) is 0 Å². The van der Waals surface area contributed by atoms with Crippen LogP contribution in [-0.4, -0.2) is 33.3 Å². The molecule has 3 aromatic rings. The second kappa shape index (κ2) is 8.27. The maximum atomic E-state index is 13.0. The molecule has 5 rings (SSSR count). The molecule has 2 aromatic heterocycles. The van der Waals surface area contributed by atoms with Crippen molar-refractivity contribution in [1.29, 1.82) is 0 Å². The van der Waals surface area contributed by atoms with Gasteiger partial charge >= 0.3 is 0 Å². The van der Waals surface area contributed by atoms with Crippen molar-refractivity contribution in [3.05, 3.63) is 47.5 Å². The summed E-state index contributed by atoms with van der Waals surface area (Å²) < 4.78 is 24.8. The Morgan fingerprint density at radius 3 is 2.76 bits per heavy atom. The van der Waals surface area contributed by atoms with Gasteiger partial charge in [-0.15, -0.1) is 0 Å². The fraction of sp³-hybridized carbons (Fsp3) is 0.385. The van der Waals surface area contributed by atoms with E-state index in [0.29, 0.717) is 11.5 Å². The molecule has 1 aliphatic carbocycles. The molecule has 1 atom stereocenters.